The average Bonchev–Trinajstić information content (AvgIpc) is 3.30. The molecule has 2 saturated carbocycles. The van der Waals surface area contributed by atoms with Gasteiger partial charge in [0, 0.05) is 17.2 Å². The SMILES string of the molecule is CCCCCC1=NN(C(=O)N[C@@]2(C)C3CCC2(C)CC3)CC1c1ccc(F)cc1. The lowest BCUT2D eigenvalue weighted by atomic mass is 9.76. The Kier molecular flexibility index (Phi) is 5.43. The van der Waals surface area contributed by atoms with Gasteiger partial charge in [-0.3, -0.25) is 0 Å². The summed E-state index contributed by atoms with van der Waals surface area (Å²) in [4.78, 5) is 13.2. The molecule has 5 heteroatoms. The first kappa shape index (κ1) is 20.4. The highest BCUT2D eigenvalue weighted by molar-refractivity contribution is 5.94. The van der Waals surface area contributed by atoms with Crippen molar-refractivity contribution in [1.29, 1.82) is 0 Å². The van der Waals surface area contributed by atoms with E-state index < -0.39 is 0 Å². The molecule has 2 bridgehead atoms. The largest absolute Gasteiger partial charge is 0.338 e. The summed E-state index contributed by atoms with van der Waals surface area (Å²) in [7, 11) is 0. The van der Waals surface area contributed by atoms with E-state index in [0.717, 1.165) is 37.0 Å². The monoisotopic (exact) mass is 399 g/mol. The van der Waals surface area contributed by atoms with Crippen LogP contribution < -0.4 is 5.32 Å². The van der Waals surface area contributed by atoms with Gasteiger partial charge in [0.15, 0.2) is 0 Å². The molecule has 4 rings (SSSR count). The second-order valence-corrected chi connectivity index (χ2v) is 9.70. The number of carbonyl (C=O) groups is 1. The molecule has 2 aliphatic carbocycles. The van der Waals surface area contributed by atoms with Gasteiger partial charge >= 0.3 is 6.03 Å². The Bertz CT molecular complexity index is 782. The molecular weight excluding hydrogens is 365 g/mol. The van der Waals surface area contributed by atoms with E-state index in [-0.39, 0.29) is 28.7 Å². The Morgan fingerprint density at radius 1 is 1.21 bits per heavy atom. The molecule has 2 fully saturated rings. The number of fused-ring (bicyclic) bond motifs is 2. The van der Waals surface area contributed by atoms with E-state index in [1.807, 2.05) is 12.1 Å². The molecule has 1 aromatic rings. The van der Waals surface area contributed by atoms with Crippen molar-refractivity contribution in [3.63, 3.8) is 0 Å². The van der Waals surface area contributed by atoms with Crippen LogP contribution in [0.15, 0.2) is 29.4 Å². The number of hydrogen-bond acceptors (Lipinski definition) is 2. The van der Waals surface area contributed by atoms with Gasteiger partial charge in [-0.05, 0) is 74.5 Å². The quantitative estimate of drug-likeness (QED) is 0.600. The lowest BCUT2D eigenvalue weighted by molar-refractivity contribution is 0.148. The third-order valence-corrected chi connectivity index (χ3v) is 8.08. The number of hydrazone groups is 1. The summed E-state index contributed by atoms with van der Waals surface area (Å²) in [5.41, 5.74) is 2.13. The van der Waals surface area contributed by atoms with Gasteiger partial charge in [-0.15, -0.1) is 0 Å². The Labute approximate surface area is 173 Å². The van der Waals surface area contributed by atoms with Crippen molar-refractivity contribution in [3.05, 3.63) is 35.6 Å². The fourth-order valence-corrected chi connectivity index (χ4v) is 5.83. The van der Waals surface area contributed by atoms with E-state index in [1.54, 1.807) is 5.01 Å². The zero-order chi connectivity index (χ0) is 20.6. The molecule has 1 aliphatic heterocycles. The van der Waals surface area contributed by atoms with E-state index in [4.69, 9.17) is 5.10 Å². The van der Waals surface area contributed by atoms with E-state index in [2.05, 4.69) is 26.1 Å². The summed E-state index contributed by atoms with van der Waals surface area (Å²) in [6.45, 7) is 7.28. The number of rotatable bonds is 6. The number of benzene rings is 1. The highest BCUT2D eigenvalue weighted by Gasteiger charge is 2.60. The van der Waals surface area contributed by atoms with Crippen molar-refractivity contribution in [3.8, 4) is 0 Å². The zero-order valence-corrected chi connectivity index (χ0v) is 18.0. The normalized spacial score (nSPS) is 33.2. The Morgan fingerprint density at radius 2 is 1.90 bits per heavy atom. The smallest absolute Gasteiger partial charge is 0.331 e. The Balaban J connectivity index is 1.51. The summed E-state index contributed by atoms with van der Waals surface area (Å²) in [5, 5.41) is 9.77. The van der Waals surface area contributed by atoms with E-state index in [0.29, 0.717) is 12.5 Å². The van der Waals surface area contributed by atoms with Crippen molar-refractivity contribution < 1.29 is 9.18 Å². The van der Waals surface area contributed by atoms with Gasteiger partial charge in [0.25, 0.3) is 0 Å². The van der Waals surface area contributed by atoms with Gasteiger partial charge < -0.3 is 5.32 Å². The van der Waals surface area contributed by atoms with Crippen molar-refractivity contribution in [2.24, 2.45) is 16.4 Å². The highest BCUT2D eigenvalue weighted by atomic mass is 19.1. The third-order valence-electron chi connectivity index (χ3n) is 8.08. The van der Waals surface area contributed by atoms with E-state index in [9.17, 15) is 9.18 Å². The first-order valence-electron chi connectivity index (χ1n) is 11.3. The minimum atomic E-state index is -0.233. The van der Waals surface area contributed by atoms with Crippen molar-refractivity contribution in [2.45, 2.75) is 83.6 Å². The summed E-state index contributed by atoms with van der Waals surface area (Å²) in [6, 6.07) is 6.58. The van der Waals surface area contributed by atoms with Gasteiger partial charge in [-0.1, -0.05) is 38.8 Å². The molecule has 0 radical (unpaired) electrons. The number of halogens is 1. The van der Waals surface area contributed by atoms with Crippen LogP contribution in [0.5, 0.6) is 0 Å². The molecule has 4 nitrogen and oxygen atoms in total. The number of carbonyl (C=O) groups excluding carboxylic acids is 1. The minimum absolute atomic E-state index is 0.0573. The zero-order valence-electron chi connectivity index (χ0n) is 18.0. The summed E-state index contributed by atoms with van der Waals surface area (Å²) < 4.78 is 13.4. The molecule has 1 N–H and O–H groups in total. The summed E-state index contributed by atoms with van der Waals surface area (Å²) in [6.07, 6.45) is 9.05. The van der Waals surface area contributed by atoms with Crippen LogP contribution in [0.1, 0.15) is 83.6 Å². The van der Waals surface area contributed by atoms with Gasteiger partial charge in [0.1, 0.15) is 5.82 Å². The number of unbranched alkanes of at least 4 members (excludes halogenated alkanes) is 2. The fraction of sp³-hybridized carbons (Fsp3) is 0.667. The highest BCUT2D eigenvalue weighted by Crippen LogP contribution is 2.60. The van der Waals surface area contributed by atoms with Crippen LogP contribution >= 0.6 is 0 Å². The van der Waals surface area contributed by atoms with E-state index >= 15 is 0 Å². The van der Waals surface area contributed by atoms with Crippen LogP contribution in [0, 0.1) is 17.2 Å². The molecule has 1 unspecified atom stereocenters. The van der Waals surface area contributed by atoms with Crippen LogP contribution in [0.25, 0.3) is 0 Å². The molecule has 0 saturated heterocycles. The molecule has 2 atom stereocenters. The van der Waals surface area contributed by atoms with Crippen LogP contribution in [0.2, 0.25) is 0 Å². The minimum Gasteiger partial charge on any atom is -0.331 e. The van der Waals surface area contributed by atoms with E-state index in [1.165, 1.54) is 37.8 Å². The molecule has 2 amide bonds. The van der Waals surface area contributed by atoms with Gasteiger partial charge in [0.2, 0.25) is 0 Å². The molecule has 0 spiro atoms. The van der Waals surface area contributed by atoms with Crippen LogP contribution in [0.4, 0.5) is 9.18 Å². The standard InChI is InChI=1S/C24H34FN3O/c1-4-5-6-7-21-20(17-8-10-19(25)11-9-17)16-28(27-21)22(29)26-24(3)18-12-14-23(24,2)15-13-18/h8-11,18,20H,4-7,12-16H2,1-3H3,(H,26,29)/t18?,20?,23?,24-/m0/s1. The van der Waals surface area contributed by atoms with Gasteiger partial charge in [0.05, 0.1) is 6.54 Å². The number of nitrogens with one attached hydrogen (secondary N) is 1. The van der Waals surface area contributed by atoms with Crippen molar-refractivity contribution in [1.82, 2.24) is 10.3 Å². The second kappa shape index (κ2) is 7.73. The summed E-state index contributed by atoms with van der Waals surface area (Å²) in [5.74, 6) is 0.394. The molecular formula is C24H34FN3O. The van der Waals surface area contributed by atoms with Crippen molar-refractivity contribution in [2.75, 3.05) is 6.54 Å². The predicted molar refractivity (Wildman–Crippen MR) is 114 cm³/mol. The fourth-order valence-electron chi connectivity index (χ4n) is 5.83. The Hall–Kier alpha value is -1.91. The molecule has 3 aliphatic rings. The molecule has 1 heterocycles. The maximum Gasteiger partial charge on any atom is 0.338 e. The maximum atomic E-state index is 13.4. The average molecular weight is 400 g/mol. The first-order chi connectivity index (χ1) is 13.9. The van der Waals surface area contributed by atoms with Crippen LogP contribution in [-0.2, 0) is 0 Å². The Morgan fingerprint density at radius 3 is 2.48 bits per heavy atom. The van der Waals surface area contributed by atoms with Gasteiger partial charge in [-0.2, -0.15) is 5.10 Å². The van der Waals surface area contributed by atoms with Crippen LogP contribution in [-0.4, -0.2) is 28.8 Å². The van der Waals surface area contributed by atoms with Crippen molar-refractivity contribution >= 4 is 11.7 Å². The number of urea groups is 1. The summed E-state index contributed by atoms with van der Waals surface area (Å²) >= 11 is 0. The molecule has 29 heavy (non-hydrogen) atoms. The lowest BCUT2D eigenvalue weighted by Crippen LogP contribution is -2.56. The first-order valence-corrected chi connectivity index (χ1v) is 11.3. The van der Waals surface area contributed by atoms with Gasteiger partial charge in [-0.25, -0.2) is 14.2 Å². The second-order valence-electron chi connectivity index (χ2n) is 9.70. The molecule has 1 aromatic carbocycles. The maximum absolute atomic E-state index is 13.4. The molecule has 158 valence electrons. The predicted octanol–water partition coefficient (Wildman–Crippen LogP) is 5.84. The molecule has 0 aromatic heterocycles. The number of amides is 2. The number of nitrogens with zero attached hydrogens (tertiary/aromatic N) is 2. The topological polar surface area (TPSA) is 44.7 Å². The van der Waals surface area contributed by atoms with Crippen LogP contribution in [0.3, 0.4) is 0 Å². The lowest BCUT2D eigenvalue weighted by Gasteiger charge is -2.39. The number of hydrogen-bond donors (Lipinski definition) is 1. The third kappa shape index (κ3) is 3.57.